The topological polar surface area (TPSA) is 61.6 Å². The fourth-order valence-corrected chi connectivity index (χ4v) is 4.09. The molecule has 1 aliphatic heterocycles. The van der Waals surface area contributed by atoms with Crippen molar-refractivity contribution in [2.75, 3.05) is 32.8 Å². The van der Waals surface area contributed by atoms with Crippen molar-refractivity contribution >= 4 is 28.8 Å². The molecule has 0 spiro atoms. The van der Waals surface area contributed by atoms with Crippen LogP contribution in [0.25, 0.3) is 0 Å². The summed E-state index contributed by atoms with van der Waals surface area (Å²) in [5, 5.41) is 15.4. The van der Waals surface area contributed by atoms with E-state index >= 15 is 0 Å². The minimum absolute atomic E-state index is 0.102. The van der Waals surface area contributed by atoms with Crippen LogP contribution in [0.3, 0.4) is 0 Å². The van der Waals surface area contributed by atoms with E-state index in [1.807, 2.05) is 10.3 Å². The summed E-state index contributed by atoms with van der Waals surface area (Å²) in [6.45, 7) is 3.84. The van der Waals surface area contributed by atoms with Crippen LogP contribution in [-0.2, 0) is 13.6 Å². The number of halogens is 1. The number of rotatable bonds is 3. The molecule has 2 aromatic rings. The van der Waals surface area contributed by atoms with Gasteiger partial charge >= 0.3 is 0 Å². The van der Waals surface area contributed by atoms with E-state index in [9.17, 15) is 4.79 Å². The van der Waals surface area contributed by atoms with Gasteiger partial charge in [-0.3, -0.25) is 14.4 Å². The molecule has 0 bridgehead atoms. The molecule has 1 fully saturated rings. The Morgan fingerprint density at radius 1 is 1.38 bits per heavy atom. The van der Waals surface area contributed by atoms with Crippen molar-refractivity contribution in [3.05, 3.63) is 38.8 Å². The van der Waals surface area contributed by atoms with Crippen LogP contribution in [0, 0.1) is 11.8 Å². The molecule has 6 nitrogen and oxygen atoms in total. The number of aryl methyl sites for hydroxylation is 1. The first kappa shape index (κ1) is 18.9. The number of carbonyl (C=O) groups excluding carboxylic acids is 1. The van der Waals surface area contributed by atoms with Crippen LogP contribution in [0.15, 0.2) is 17.6 Å². The van der Waals surface area contributed by atoms with E-state index in [1.165, 1.54) is 4.88 Å². The van der Waals surface area contributed by atoms with Crippen molar-refractivity contribution in [1.82, 2.24) is 19.6 Å². The summed E-state index contributed by atoms with van der Waals surface area (Å²) in [4.78, 5) is 18.1. The molecular weight excluding hydrogens is 372 g/mol. The van der Waals surface area contributed by atoms with Gasteiger partial charge in [-0.15, -0.1) is 11.3 Å². The van der Waals surface area contributed by atoms with Crippen LogP contribution >= 0.6 is 22.9 Å². The molecular formula is C18H21ClN4O2S. The third kappa shape index (κ3) is 4.65. The van der Waals surface area contributed by atoms with E-state index in [1.54, 1.807) is 29.3 Å². The molecule has 3 heterocycles. The third-order valence-corrected chi connectivity index (χ3v) is 5.41. The highest BCUT2D eigenvalue weighted by Crippen LogP contribution is 2.19. The van der Waals surface area contributed by atoms with Gasteiger partial charge in [0.15, 0.2) is 5.69 Å². The molecule has 0 saturated carbocycles. The molecule has 138 valence electrons. The number of hydrogen-bond donors (Lipinski definition) is 1. The van der Waals surface area contributed by atoms with Gasteiger partial charge < -0.3 is 10.0 Å². The molecule has 0 aliphatic carbocycles. The second-order valence-electron chi connectivity index (χ2n) is 6.18. The fraction of sp³-hybridized carbons (Fsp3) is 0.444. The monoisotopic (exact) mass is 392 g/mol. The molecule has 2 aromatic heterocycles. The van der Waals surface area contributed by atoms with Crippen LogP contribution in [0.5, 0.6) is 0 Å². The van der Waals surface area contributed by atoms with E-state index in [-0.39, 0.29) is 12.5 Å². The number of nitrogens with zero attached hydrogens (tertiary/aromatic N) is 4. The Hall–Kier alpha value is -1.85. The lowest BCUT2D eigenvalue weighted by molar-refractivity contribution is 0.0754. The summed E-state index contributed by atoms with van der Waals surface area (Å²) in [5.41, 5.74) is 1.27. The normalized spacial score (nSPS) is 15.4. The van der Waals surface area contributed by atoms with Gasteiger partial charge in [0.1, 0.15) is 6.61 Å². The summed E-state index contributed by atoms with van der Waals surface area (Å²) in [5.74, 6) is 5.50. The zero-order chi connectivity index (χ0) is 18.5. The molecule has 8 heteroatoms. The second kappa shape index (κ2) is 8.69. The molecule has 3 rings (SSSR count). The summed E-state index contributed by atoms with van der Waals surface area (Å²) in [7, 11) is 1.76. The Labute approximate surface area is 162 Å². The molecule has 1 saturated heterocycles. The molecule has 0 atom stereocenters. The van der Waals surface area contributed by atoms with Gasteiger partial charge in [0, 0.05) is 61.8 Å². The number of carbonyl (C=O) groups is 1. The smallest absolute Gasteiger partial charge is 0.275 e. The number of thiophene rings is 1. The van der Waals surface area contributed by atoms with E-state index in [0.29, 0.717) is 23.8 Å². The highest BCUT2D eigenvalue weighted by molar-refractivity contribution is 7.10. The second-order valence-corrected chi connectivity index (χ2v) is 7.59. The zero-order valence-electron chi connectivity index (χ0n) is 14.6. The number of aliphatic hydroxyl groups excluding tert-OH is 1. The van der Waals surface area contributed by atoms with Gasteiger partial charge in [-0.25, -0.2) is 0 Å². The minimum atomic E-state index is -0.124. The first-order valence-corrected chi connectivity index (χ1v) is 9.70. The van der Waals surface area contributed by atoms with Crippen LogP contribution in [0.4, 0.5) is 0 Å². The molecule has 1 aliphatic rings. The Balaban J connectivity index is 1.59. The Bertz CT molecular complexity index is 836. The quantitative estimate of drug-likeness (QED) is 0.809. The van der Waals surface area contributed by atoms with Crippen molar-refractivity contribution in [3.63, 3.8) is 0 Å². The molecule has 0 aromatic carbocycles. The van der Waals surface area contributed by atoms with Crippen molar-refractivity contribution in [3.8, 4) is 11.8 Å². The molecule has 1 amide bonds. The predicted molar refractivity (Wildman–Crippen MR) is 102 cm³/mol. The molecule has 0 unspecified atom stereocenters. The van der Waals surface area contributed by atoms with Gasteiger partial charge in [0.25, 0.3) is 5.91 Å². The van der Waals surface area contributed by atoms with E-state index in [4.69, 9.17) is 16.7 Å². The highest BCUT2D eigenvalue weighted by Gasteiger charge is 2.24. The summed E-state index contributed by atoms with van der Waals surface area (Å²) in [6.07, 6.45) is 2.56. The lowest BCUT2D eigenvalue weighted by atomic mass is 10.3. The molecule has 1 N–H and O–H groups in total. The van der Waals surface area contributed by atoms with Crippen molar-refractivity contribution in [2.24, 2.45) is 7.05 Å². The van der Waals surface area contributed by atoms with Crippen LogP contribution in [-0.4, -0.2) is 63.4 Å². The summed E-state index contributed by atoms with van der Waals surface area (Å²) in [6, 6.07) is 2.06. The maximum absolute atomic E-state index is 12.7. The SMILES string of the molecule is Cn1cc(Cl)c(C(=O)N2CCCN(Cc3cc(C#CCO)cs3)CC2)n1. The standard InChI is InChI=1S/C18H21ClN4O2S/c1-21-12-16(19)17(20-21)18(25)23-6-3-5-22(7-8-23)11-15-10-14(13-26-15)4-2-9-24/h10,12-13,24H,3,5-9,11H2,1H3. The first-order valence-electron chi connectivity index (χ1n) is 8.44. The maximum atomic E-state index is 12.7. The number of aliphatic hydroxyl groups is 1. The molecule has 26 heavy (non-hydrogen) atoms. The number of hydrogen-bond acceptors (Lipinski definition) is 5. The van der Waals surface area contributed by atoms with E-state index in [0.717, 1.165) is 31.6 Å². The van der Waals surface area contributed by atoms with E-state index < -0.39 is 0 Å². The predicted octanol–water partition coefficient (Wildman–Crippen LogP) is 1.83. The highest BCUT2D eigenvalue weighted by atomic mass is 35.5. The van der Waals surface area contributed by atoms with Gasteiger partial charge in [-0.2, -0.15) is 5.10 Å². The Morgan fingerprint density at radius 3 is 2.96 bits per heavy atom. The maximum Gasteiger partial charge on any atom is 0.275 e. The Morgan fingerprint density at radius 2 is 2.23 bits per heavy atom. The Kier molecular flexibility index (Phi) is 6.33. The number of amides is 1. The van der Waals surface area contributed by atoms with Crippen LogP contribution in [0.2, 0.25) is 5.02 Å². The zero-order valence-corrected chi connectivity index (χ0v) is 16.2. The lowest BCUT2D eigenvalue weighted by Crippen LogP contribution is -2.35. The molecule has 0 radical (unpaired) electrons. The summed E-state index contributed by atoms with van der Waals surface area (Å²) >= 11 is 7.78. The van der Waals surface area contributed by atoms with Crippen molar-refractivity contribution in [2.45, 2.75) is 13.0 Å². The summed E-state index contributed by atoms with van der Waals surface area (Å²) < 4.78 is 1.56. The largest absolute Gasteiger partial charge is 0.384 e. The van der Waals surface area contributed by atoms with Crippen LogP contribution in [0.1, 0.15) is 27.3 Å². The lowest BCUT2D eigenvalue weighted by Gasteiger charge is -2.21. The van der Waals surface area contributed by atoms with Crippen LogP contribution < -0.4 is 0 Å². The van der Waals surface area contributed by atoms with Gasteiger partial charge in [-0.1, -0.05) is 23.4 Å². The van der Waals surface area contributed by atoms with Gasteiger partial charge in [0.2, 0.25) is 0 Å². The minimum Gasteiger partial charge on any atom is -0.384 e. The van der Waals surface area contributed by atoms with Gasteiger partial charge in [0.05, 0.1) is 5.02 Å². The van der Waals surface area contributed by atoms with E-state index in [2.05, 4.69) is 27.9 Å². The van der Waals surface area contributed by atoms with Gasteiger partial charge in [-0.05, 0) is 12.5 Å². The third-order valence-electron chi connectivity index (χ3n) is 4.21. The first-order chi connectivity index (χ1) is 12.6. The van der Waals surface area contributed by atoms with Crippen molar-refractivity contribution < 1.29 is 9.90 Å². The van der Waals surface area contributed by atoms with Crippen molar-refractivity contribution in [1.29, 1.82) is 0 Å². The average Bonchev–Trinajstić information content (AvgIpc) is 3.11. The fourth-order valence-electron chi connectivity index (χ4n) is 2.98. The average molecular weight is 393 g/mol. The number of aromatic nitrogens is 2.